The van der Waals surface area contributed by atoms with Crippen LogP contribution in [0.15, 0.2) is 48.5 Å². The minimum absolute atomic E-state index is 0.0422. The molecule has 6 heteroatoms. The number of nitrogens with one attached hydrogen (secondary N) is 1. The van der Waals surface area contributed by atoms with Crippen LogP contribution >= 0.6 is 0 Å². The highest BCUT2D eigenvalue weighted by molar-refractivity contribution is 5.74. The summed E-state index contributed by atoms with van der Waals surface area (Å²) in [7, 11) is 1.41. The number of halogens is 1. The topological polar surface area (TPSA) is 44.8 Å². The molecule has 0 bridgehead atoms. The molecule has 0 unspecified atom stereocenters. The molecule has 0 spiro atoms. The van der Waals surface area contributed by atoms with E-state index in [1.807, 2.05) is 24.3 Å². The molecule has 1 fully saturated rings. The molecule has 1 aliphatic heterocycles. The highest BCUT2D eigenvalue weighted by Crippen LogP contribution is 2.19. The molecular formula is C25H34FN3O2. The van der Waals surface area contributed by atoms with Crippen LogP contribution in [0, 0.1) is 11.7 Å². The summed E-state index contributed by atoms with van der Waals surface area (Å²) in [6, 6.07) is 12.1. The van der Waals surface area contributed by atoms with Crippen LogP contribution in [0.2, 0.25) is 0 Å². The Bertz CT molecular complexity index is 969. The van der Waals surface area contributed by atoms with Crippen molar-refractivity contribution in [2.45, 2.75) is 45.8 Å². The first-order valence-corrected chi connectivity index (χ1v) is 10.6. The van der Waals surface area contributed by atoms with E-state index >= 15 is 0 Å². The normalized spacial score (nSPS) is 20.3. The monoisotopic (exact) mass is 431 g/mol. The first kappa shape index (κ1) is 18.0. The second-order valence-electron chi connectivity index (χ2n) is 8.20. The summed E-state index contributed by atoms with van der Waals surface area (Å²) < 4.78 is 52.3. The molecular weight excluding hydrogens is 393 g/mol. The van der Waals surface area contributed by atoms with Gasteiger partial charge in [0.1, 0.15) is 11.6 Å². The van der Waals surface area contributed by atoms with Crippen molar-refractivity contribution >= 4 is 6.03 Å². The lowest BCUT2D eigenvalue weighted by Crippen LogP contribution is -2.49. The minimum Gasteiger partial charge on any atom is -0.493 e. The number of urea groups is 1. The SMILES string of the molecule is [2H]C1([2H])CC(N(Cc2ccc(F)cc2)C(=O)NCc2ccc(OCC(C)C)cc2)CC([2H])([2H])N1C. The molecule has 0 saturated carbocycles. The number of carbonyl (C=O) groups excluding carboxylic acids is 1. The van der Waals surface area contributed by atoms with Gasteiger partial charge in [-0.05, 0) is 74.2 Å². The van der Waals surface area contributed by atoms with E-state index in [0.717, 1.165) is 16.2 Å². The van der Waals surface area contributed by atoms with Crippen LogP contribution in [0.4, 0.5) is 9.18 Å². The summed E-state index contributed by atoms with van der Waals surface area (Å²) in [5.74, 6) is 0.776. The van der Waals surface area contributed by atoms with Crippen molar-refractivity contribution in [1.29, 1.82) is 0 Å². The number of amides is 2. The molecule has 2 amide bonds. The summed E-state index contributed by atoms with van der Waals surface area (Å²) in [5.41, 5.74) is 1.54. The zero-order valence-corrected chi connectivity index (χ0v) is 18.4. The first-order valence-electron chi connectivity index (χ1n) is 12.6. The van der Waals surface area contributed by atoms with Crippen molar-refractivity contribution in [3.05, 3.63) is 65.5 Å². The molecule has 1 N–H and O–H groups in total. The number of nitrogens with zero attached hydrogens (tertiary/aromatic N) is 2. The molecule has 1 saturated heterocycles. The van der Waals surface area contributed by atoms with Gasteiger partial charge in [-0.2, -0.15) is 0 Å². The van der Waals surface area contributed by atoms with Gasteiger partial charge in [-0.15, -0.1) is 0 Å². The fourth-order valence-electron chi connectivity index (χ4n) is 3.23. The Morgan fingerprint density at radius 2 is 1.77 bits per heavy atom. The zero-order valence-electron chi connectivity index (χ0n) is 22.4. The summed E-state index contributed by atoms with van der Waals surface area (Å²) in [5, 5.41) is 2.88. The maximum absolute atomic E-state index is 13.4. The van der Waals surface area contributed by atoms with Gasteiger partial charge in [0, 0.05) is 24.6 Å². The Morgan fingerprint density at radius 1 is 1.16 bits per heavy atom. The number of ether oxygens (including phenoxy) is 1. The number of likely N-dealkylation sites (tertiary alicyclic amines) is 1. The van der Waals surface area contributed by atoms with Gasteiger partial charge in [0.15, 0.2) is 0 Å². The molecule has 31 heavy (non-hydrogen) atoms. The molecule has 0 radical (unpaired) electrons. The minimum atomic E-state index is -1.93. The second-order valence-corrected chi connectivity index (χ2v) is 8.20. The smallest absolute Gasteiger partial charge is 0.318 e. The van der Waals surface area contributed by atoms with Gasteiger partial charge >= 0.3 is 6.03 Å². The lowest BCUT2D eigenvalue weighted by Gasteiger charge is -2.37. The maximum Gasteiger partial charge on any atom is 0.318 e. The van der Waals surface area contributed by atoms with E-state index in [0.29, 0.717) is 18.1 Å². The van der Waals surface area contributed by atoms with Gasteiger partial charge in [0.05, 0.1) is 6.61 Å². The Kier molecular flexibility index (Phi) is 6.48. The molecule has 0 aromatic heterocycles. The zero-order chi connectivity index (χ0) is 25.8. The number of hydrogen-bond acceptors (Lipinski definition) is 3. The summed E-state index contributed by atoms with van der Waals surface area (Å²) >= 11 is 0. The Labute approximate surface area is 190 Å². The number of carbonyl (C=O) groups is 1. The molecule has 0 aliphatic carbocycles. The van der Waals surface area contributed by atoms with E-state index in [4.69, 9.17) is 10.2 Å². The molecule has 1 heterocycles. The largest absolute Gasteiger partial charge is 0.493 e. The number of hydrogen-bond donors (Lipinski definition) is 1. The van der Waals surface area contributed by atoms with Crippen LogP contribution in [0.5, 0.6) is 5.75 Å². The number of benzene rings is 2. The van der Waals surface area contributed by atoms with E-state index in [9.17, 15) is 9.18 Å². The van der Waals surface area contributed by atoms with Crippen molar-refractivity contribution in [3.8, 4) is 5.75 Å². The lowest BCUT2D eigenvalue weighted by atomic mass is 10.0. The van der Waals surface area contributed by atoms with Crippen LogP contribution in [0.3, 0.4) is 0 Å². The van der Waals surface area contributed by atoms with Crippen molar-refractivity contribution in [1.82, 2.24) is 15.1 Å². The predicted octanol–water partition coefficient (Wildman–Crippen LogP) is 4.67. The van der Waals surface area contributed by atoms with Crippen molar-refractivity contribution < 1.29 is 19.4 Å². The average Bonchev–Trinajstić information content (AvgIpc) is 2.79. The van der Waals surface area contributed by atoms with Gasteiger partial charge in [-0.1, -0.05) is 38.1 Å². The molecule has 3 rings (SSSR count). The molecule has 2 aromatic carbocycles. The molecule has 5 nitrogen and oxygen atoms in total. The predicted molar refractivity (Wildman–Crippen MR) is 121 cm³/mol. The van der Waals surface area contributed by atoms with E-state index in [1.54, 1.807) is 12.1 Å². The van der Waals surface area contributed by atoms with Crippen molar-refractivity contribution in [2.75, 3.05) is 26.6 Å². The Hall–Kier alpha value is -2.60. The van der Waals surface area contributed by atoms with Gasteiger partial charge in [-0.25, -0.2) is 9.18 Å². The van der Waals surface area contributed by atoms with Crippen molar-refractivity contribution in [3.63, 3.8) is 0 Å². The van der Waals surface area contributed by atoms with Crippen LogP contribution in [0.25, 0.3) is 0 Å². The van der Waals surface area contributed by atoms with E-state index < -0.39 is 30.9 Å². The highest BCUT2D eigenvalue weighted by Gasteiger charge is 2.27. The Balaban J connectivity index is 1.74. The third kappa shape index (κ3) is 7.24. The summed E-state index contributed by atoms with van der Waals surface area (Å²) in [6.45, 7) is 1.25. The second kappa shape index (κ2) is 11.1. The number of rotatable bonds is 8. The van der Waals surface area contributed by atoms with Crippen LogP contribution in [0.1, 0.15) is 43.3 Å². The third-order valence-electron chi connectivity index (χ3n) is 5.05. The quantitative estimate of drug-likeness (QED) is 0.661. The van der Waals surface area contributed by atoms with Crippen LogP contribution in [-0.4, -0.2) is 48.5 Å². The van der Waals surface area contributed by atoms with Gasteiger partial charge in [0.2, 0.25) is 0 Å². The maximum atomic E-state index is 13.4. The molecule has 2 aromatic rings. The first-order chi connectivity index (χ1) is 16.4. The van der Waals surface area contributed by atoms with E-state index in [1.165, 1.54) is 24.1 Å². The van der Waals surface area contributed by atoms with Crippen LogP contribution < -0.4 is 10.1 Å². The summed E-state index contributed by atoms with van der Waals surface area (Å²) in [6.07, 6.45) is -0.0843. The Morgan fingerprint density at radius 3 is 2.39 bits per heavy atom. The summed E-state index contributed by atoms with van der Waals surface area (Å²) in [4.78, 5) is 15.8. The third-order valence-corrected chi connectivity index (χ3v) is 5.05. The van der Waals surface area contributed by atoms with Crippen molar-refractivity contribution in [2.24, 2.45) is 5.92 Å². The van der Waals surface area contributed by atoms with Gasteiger partial charge < -0.3 is 19.9 Å². The van der Waals surface area contributed by atoms with E-state index in [2.05, 4.69) is 19.2 Å². The fraction of sp³-hybridized carbons (Fsp3) is 0.480. The van der Waals surface area contributed by atoms with Gasteiger partial charge in [0.25, 0.3) is 0 Å². The van der Waals surface area contributed by atoms with Gasteiger partial charge in [-0.3, -0.25) is 0 Å². The number of piperidine rings is 1. The van der Waals surface area contributed by atoms with Crippen LogP contribution in [-0.2, 0) is 13.1 Å². The lowest BCUT2D eigenvalue weighted by molar-refractivity contribution is 0.127. The molecule has 0 atom stereocenters. The molecule has 1 aliphatic rings. The fourth-order valence-corrected chi connectivity index (χ4v) is 3.23. The van der Waals surface area contributed by atoms with E-state index in [-0.39, 0.29) is 25.9 Å². The average molecular weight is 432 g/mol. The highest BCUT2D eigenvalue weighted by atomic mass is 19.1. The molecule has 168 valence electrons. The standard InChI is InChI=1S/C25H34FN3O2/c1-19(2)18-31-24-10-6-20(7-11-24)16-27-25(30)29(23-12-14-28(3)15-13-23)17-21-4-8-22(26)9-5-21/h4-11,19,23H,12-18H2,1-3H3,(H,27,30)/i14D2,15D2.